The average Bonchev–Trinajstić information content (AvgIpc) is 3.29. The second kappa shape index (κ2) is 9.19. The van der Waals surface area contributed by atoms with Gasteiger partial charge in [0.05, 0.1) is 19.0 Å². The number of hydrogen-bond acceptors (Lipinski definition) is 7. The number of anilines is 1. The van der Waals surface area contributed by atoms with Crippen LogP contribution in [0, 0.1) is 5.92 Å². The Balaban J connectivity index is 2.14. The first kappa shape index (κ1) is 23.6. The largest absolute Gasteiger partial charge is 0.394 e. The number of hydrogen-bond donors (Lipinski definition) is 3. The summed E-state index contributed by atoms with van der Waals surface area (Å²) in [6.07, 6.45) is 1.56. The molecule has 11 heteroatoms. The summed E-state index contributed by atoms with van der Waals surface area (Å²) in [5.74, 6) is -0.271. The molecule has 1 fully saturated rings. The molecule has 10 nitrogen and oxygen atoms in total. The minimum atomic E-state index is -2.28. The van der Waals surface area contributed by atoms with Gasteiger partial charge in [-0.05, 0) is 6.04 Å². The van der Waals surface area contributed by atoms with E-state index in [1.807, 2.05) is 0 Å². The van der Waals surface area contributed by atoms with Crippen LogP contribution in [0.4, 0.5) is 5.95 Å². The normalized spacial score (nSPS) is 21.9. The first-order valence-corrected chi connectivity index (χ1v) is 14.0. The van der Waals surface area contributed by atoms with Crippen molar-refractivity contribution in [1.29, 1.82) is 0 Å². The van der Waals surface area contributed by atoms with Crippen LogP contribution in [0.2, 0.25) is 19.1 Å². The number of aliphatic hydroxyl groups is 2. The van der Waals surface area contributed by atoms with Gasteiger partial charge in [0.2, 0.25) is 11.9 Å². The second-order valence-electron chi connectivity index (χ2n) is 9.07. The van der Waals surface area contributed by atoms with Crippen LogP contribution >= 0.6 is 0 Å². The Morgan fingerprint density at radius 2 is 2.13 bits per heavy atom. The maximum Gasteiger partial charge on any atom is 0.275 e. The van der Waals surface area contributed by atoms with E-state index in [1.54, 1.807) is 22.6 Å². The number of unbranched alkanes of at least 4 members (excludes halogenated alkanes) is 1. The lowest BCUT2D eigenvalue weighted by Crippen LogP contribution is -2.46. The van der Waals surface area contributed by atoms with Gasteiger partial charge in [0.25, 0.3) is 5.56 Å². The van der Waals surface area contributed by atoms with Gasteiger partial charge < -0.3 is 19.2 Å². The molecule has 1 saturated heterocycles. The van der Waals surface area contributed by atoms with Gasteiger partial charge >= 0.3 is 0 Å². The molecule has 3 rings (SSSR count). The van der Waals surface area contributed by atoms with Crippen molar-refractivity contribution in [3.05, 3.63) is 16.7 Å². The SMILES string of the molecule is CCCC[Si](C)(C)n1c(NC(=O)C(C)C)nc2c(ncn2[C@H]2C[C@H](O)[C@@H](CO)O2)c1=O. The van der Waals surface area contributed by atoms with Crippen LogP contribution in [-0.2, 0) is 9.53 Å². The Labute approximate surface area is 182 Å². The molecule has 3 atom stereocenters. The van der Waals surface area contributed by atoms with E-state index < -0.39 is 26.7 Å². The van der Waals surface area contributed by atoms with Gasteiger partial charge in [0.1, 0.15) is 12.3 Å². The van der Waals surface area contributed by atoms with Crippen LogP contribution in [0.1, 0.15) is 46.3 Å². The van der Waals surface area contributed by atoms with Crippen LogP contribution in [0.5, 0.6) is 0 Å². The Hall–Kier alpha value is -2.08. The smallest absolute Gasteiger partial charge is 0.275 e. The predicted octanol–water partition coefficient (Wildman–Crippen LogP) is 1.68. The monoisotopic (exact) mass is 451 g/mol. The zero-order valence-corrected chi connectivity index (χ0v) is 19.8. The summed E-state index contributed by atoms with van der Waals surface area (Å²) in [6, 6.07) is 0.873. The molecule has 0 spiro atoms. The third-order valence-electron chi connectivity index (χ3n) is 5.80. The Morgan fingerprint density at radius 1 is 1.42 bits per heavy atom. The minimum absolute atomic E-state index is 0.199. The molecule has 0 radical (unpaired) electrons. The topological polar surface area (TPSA) is 132 Å². The highest BCUT2D eigenvalue weighted by molar-refractivity contribution is 6.76. The van der Waals surface area contributed by atoms with Gasteiger partial charge in [-0.3, -0.25) is 19.5 Å². The molecule has 0 aliphatic carbocycles. The Kier molecular flexibility index (Phi) is 6.99. The highest BCUT2D eigenvalue weighted by atomic mass is 28.3. The first-order chi connectivity index (χ1) is 14.6. The second-order valence-corrected chi connectivity index (χ2v) is 13.6. The molecule has 0 unspecified atom stereocenters. The van der Waals surface area contributed by atoms with E-state index in [0.29, 0.717) is 0 Å². The fraction of sp³-hybridized carbons (Fsp3) is 0.700. The van der Waals surface area contributed by atoms with Crippen molar-refractivity contribution in [3.8, 4) is 0 Å². The molecule has 2 aromatic heterocycles. The molecule has 3 N–H and O–H groups in total. The number of rotatable bonds is 8. The first-order valence-electron chi connectivity index (χ1n) is 10.9. The number of amides is 1. The third-order valence-corrected chi connectivity index (χ3v) is 9.00. The van der Waals surface area contributed by atoms with E-state index in [1.165, 1.54) is 6.33 Å². The zero-order chi connectivity index (χ0) is 22.9. The molecule has 1 aliphatic heterocycles. The highest BCUT2D eigenvalue weighted by Crippen LogP contribution is 2.31. The van der Waals surface area contributed by atoms with Gasteiger partial charge in [-0.25, -0.2) is 4.98 Å². The average molecular weight is 452 g/mol. The fourth-order valence-electron chi connectivity index (χ4n) is 3.85. The minimum Gasteiger partial charge on any atom is -0.394 e. The molecule has 1 amide bonds. The van der Waals surface area contributed by atoms with Crippen molar-refractivity contribution in [3.63, 3.8) is 0 Å². The number of fused-ring (bicyclic) bond motifs is 1. The molecule has 0 aromatic carbocycles. The van der Waals surface area contributed by atoms with Crippen molar-refractivity contribution in [2.45, 2.75) is 77.6 Å². The van der Waals surface area contributed by atoms with Gasteiger partial charge in [-0.2, -0.15) is 4.98 Å². The van der Waals surface area contributed by atoms with Crippen molar-refractivity contribution in [2.75, 3.05) is 11.9 Å². The number of nitrogens with one attached hydrogen (secondary N) is 1. The number of carbonyl (C=O) groups excluding carboxylic acids is 1. The standard InChI is InChI=1S/C20H33N5O5Si/c1-6-7-8-31(4,5)25-19(29)16-17(22-20(25)23-18(28)12(2)3)24(11-21-16)15-9-13(27)14(10-26)30-15/h11-15,26-27H,6-10H2,1-5H3,(H,22,23,28)/t13-,14+,15+/m0/s1. The van der Waals surface area contributed by atoms with E-state index in [9.17, 15) is 19.8 Å². The summed E-state index contributed by atoms with van der Waals surface area (Å²) in [6.45, 7) is 9.53. The van der Waals surface area contributed by atoms with Crippen LogP contribution in [0.15, 0.2) is 11.1 Å². The molecular weight excluding hydrogens is 418 g/mol. The molecule has 172 valence electrons. The van der Waals surface area contributed by atoms with Crippen molar-refractivity contribution in [1.82, 2.24) is 18.8 Å². The van der Waals surface area contributed by atoms with Gasteiger partial charge in [0, 0.05) is 12.3 Å². The molecule has 2 aromatic rings. The summed E-state index contributed by atoms with van der Waals surface area (Å²) in [4.78, 5) is 35.0. The van der Waals surface area contributed by atoms with Crippen LogP contribution in [-0.4, -0.2) is 61.9 Å². The van der Waals surface area contributed by atoms with Crippen molar-refractivity contribution < 1.29 is 19.7 Å². The molecule has 31 heavy (non-hydrogen) atoms. The Morgan fingerprint density at radius 3 is 2.71 bits per heavy atom. The number of imidazole rings is 1. The van der Waals surface area contributed by atoms with E-state index in [-0.39, 0.29) is 47.5 Å². The lowest BCUT2D eigenvalue weighted by molar-refractivity contribution is -0.118. The zero-order valence-electron chi connectivity index (χ0n) is 18.8. The fourth-order valence-corrected chi connectivity index (χ4v) is 6.63. The lowest BCUT2D eigenvalue weighted by atomic mass is 10.2. The van der Waals surface area contributed by atoms with Gasteiger partial charge in [0.15, 0.2) is 19.4 Å². The number of ether oxygens (including phenoxy) is 1. The maximum absolute atomic E-state index is 13.5. The third kappa shape index (κ3) is 4.59. The predicted molar refractivity (Wildman–Crippen MR) is 119 cm³/mol. The van der Waals surface area contributed by atoms with Crippen LogP contribution in [0.3, 0.4) is 0 Å². The summed E-state index contributed by atoms with van der Waals surface area (Å²) < 4.78 is 8.97. The summed E-state index contributed by atoms with van der Waals surface area (Å²) >= 11 is 0. The van der Waals surface area contributed by atoms with E-state index in [0.717, 1.165) is 18.9 Å². The Bertz CT molecular complexity index is 1000. The summed E-state index contributed by atoms with van der Waals surface area (Å²) in [7, 11) is -2.28. The number of nitrogens with zero attached hydrogens (tertiary/aromatic N) is 4. The molecule has 0 bridgehead atoms. The molecule has 3 heterocycles. The molecule has 0 saturated carbocycles. The van der Waals surface area contributed by atoms with Gasteiger partial charge in [-0.1, -0.05) is 46.7 Å². The maximum atomic E-state index is 13.5. The summed E-state index contributed by atoms with van der Waals surface area (Å²) in [5, 5.41) is 22.3. The number of carbonyl (C=O) groups is 1. The van der Waals surface area contributed by atoms with E-state index >= 15 is 0 Å². The summed E-state index contributed by atoms with van der Waals surface area (Å²) in [5.41, 5.74) is 0.203. The van der Waals surface area contributed by atoms with E-state index in [4.69, 9.17) is 4.74 Å². The molecule has 1 aliphatic rings. The van der Waals surface area contributed by atoms with Crippen molar-refractivity contribution >= 4 is 31.3 Å². The van der Waals surface area contributed by atoms with Crippen LogP contribution < -0.4 is 10.9 Å². The number of aromatic nitrogens is 4. The number of aliphatic hydroxyl groups excluding tert-OH is 2. The van der Waals surface area contributed by atoms with Crippen LogP contribution in [0.25, 0.3) is 11.2 Å². The van der Waals surface area contributed by atoms with Crippen molar-refractivity contribution in [2.24, 2.45) is 5.92 Å². The lowest BCUT2D eigenvalue weighted by Gasteiger charge is -2.28. The molecular formula is C20H33N5O5Si. The van der Waals surface area contributed by atoms with E-state index in [2.05, 4.69) is 35.3 Å². The highest BCUT2D eigenvalue weighted by Gasteiger charge is 2.36. The quantitative estimate of drug-likeness (QED) is 0.520. The van der Waals surface area contributed by atoms with Gasteiger partial charge in [-0.15, -0.1) is 0 Å².